The van der Waals surface area contributed by atoms with Gasteiger partial charge in [0.2, 0.25) is 0 Å². The molecule has 3 atom stereocenters. The van der Waals surface area contributed by atoms with Crippen LogP contribution < -0.4 is 10.1 Å². The van der Waals surface area contributed by atoms with Gasteiger partial charge < -0.3 is 15.2 Å². The number of aromatic carboxylic acids is 1. The van der Waals surface area contributed by atoms with Gasteiger partial charge in [-0.2, -0.15) is 0 Å². The Hall–Kier alpha value is -2.75. The monoisotopic (exact) mass is 321 g/mol. The molecule has 1 heterocycles. The van der Waals surface area contributed by atoms with Crippen LogP contribution in [0, 0.1) is 5.92 Å². The van der Waals surface area contributed by atoms with Crippen molar-refractivity contribution in [2.75, 3.05) is 12.4 Å². The second-order valence-corrected chi connectivity index (χ2v) is 6.36. The van der Waals surface area contributed by atoms with Crippen molar-refractivity contribution in [1.82, 2.24) is 0 Å². The van der Waals surface area contributed by atoms with Gasteiger partial charge in [0.05, 0.1) is 18.7 Å². The van der Waals surface area contributed by atoms with E-state index in [2.05, 4.69) is 29.6 Å². The first kappa shape index (κ1) is 14.8. The van der Waals surface area contributed by atoms with Gasteiger partial charge in [-0.1, -0.05) is 24.3 Å². The average Bonchev–Trinajstić information content (AvgIpc) is 3.10. The lowest BCUT2D eigenvalue weighted by Crippen LogP contribution is -2.29. The maximum Gasteiger partial charge on any atom is 0.335 e. The summed E-state index contributed by atoms with van der Waals surface area (Å²) in [5.74, 6) is 0.623. The van der Waals surface area contributed by atoms with Crippen molar-refractivity contribution in [3.63, 3.8) is 0 Å². The number of fused-ring (bicyclic) bond motifs is 3. The lowest BCUT2D eigenvalue weighted by molar-refractivity contribution is 0.0696. The van der Waals surface area contributed by atoms with E-state index in [1.807, 2.05) is 24.3 Å². The molecule has 0 saturated carbocycles. The van der Waals surface area contributed by atoms with Crippen molar-refractivity contribution in [3.8, 4) is 5.75 Å². The van der Waals surface area contributed by atoms with Crippen molar-refractivity contribution in [2.24, 2.45) is 5.92 Å². The number of benzene rings is 2. The molecule has 2 aliphatic rings. The van der Waals surface area contributed by atoms with Crippen LogP contribution >= 0.6 is 0 Å². The number of nitrogens with one attached hydrogen (secondary N) is 1. The number of carbonyl (C=O) groups is 1. The molecule has 0 spiro atoms. The third kappa shape index (κ3) is 2.35. The summed E-state index contributed by atoms with van der Waals surface area (Å²) in [5.41, 5.74) is 3.67. The standard InChI is InChI=1S/C20H19NO3/c1-24-14-8-5-12(6-9-14)19-16-4-2-3-15(16)17-11-13(20(22)23)7-10-18(17)21-19/h2-3,5-11,15-16,19,21H,4H2,1H3,(H,22,23)/t15-,16+,19+/m0/s1. The molecule has 0 fully saturated rings. The van der Waals surface area contributed by atoms with Crippen molar-refractivity contribution in [1.29, 1.82) is 0 Å². The predicted molar refractivity (Wildman–Crippen MR) is 92.7 cm³/mol. The SMILES string of the molecule is COc1ccc([C@H]2Nc3ccc(C(=O)O)cc3[C@H]3C=CC[C@H]32)cc1. The quantitative estimate of drug-likeness (QED) is 0.831. The van der Waals surface area contributed by atoms with Crippen LogP contribution in [0.25, 0.3) is 0 Å². The van der Waals surface area contributed by atoms with Crippen LogP contribution in [0.3, 0.4) is 0 Å². The summed E-state index contributed by atoms with van der Waals surface area (Å²) in [7, 11) is 1.67. The smallest absolute Gasteiger partial charge is 0.335 e. The minimum Gasteiger partial charge on any atom is -0.497 e. The number of ether oxygens (including phenoxy) is 1. The Balaban J connectivity index is 1.73. The molecule has 0 amide bonds. The third-order valence-corrected chi connectivity index (χ3v) is 5.08. The van der Waals surface area contributed by atoms with E-state index < -0.39 is 5.97 Å². The van der Waals surface area contributed by atoms with E-state index in [9.17, 15) is 9.90 Å². The van der Waals surface area contributed by atoms with E-state index in [1.165, 1.54) is 5.56 Å². The van der Waals surface area contributed by atoms with Crippen LogP contribution in [-0.2, 0) is 0 Å². The minimum atomic E-state index is -0.881. The van der Waals surface area contributed by atoms with E-state index >= 15 is 0 Å². The molecule has 122 valence electrons. The molecule has 1 aliphatic heterocycles. The zero-order chi connectivity index (χ0) is 16.7. The Morgan fingerprint density at radius 3 is 2.71 bits per heavy atom. The van der Waals surface area contributed by atoms with Gasteiger partial charge >= 0.3 is 5.97 Å². The number of methoxy groups -OCH3 is 1. The highest BCUT2D eigenvalue weighted by atomic mass is 16.5. The summed E-state index contributed by atoms with van der Waals surface area (Å²) < 4.78 is 5.25. The third-order valence-electron chi connectivity index (χ3n) is 5.08. The van der Waals surface area contributed by atoms with Gasteiger partial charge in [-0.05, 0) is 53.8 Å². The molecule has 24 heavy (non-hydrogen) atoms. The molecule has 2 aromatic rings. The predicted octanol–water partition coefficient (Wildman–Crippen LogP) is 4.22. The molecular weight excluding hydrogens is 302 g/mol. The highest BCUT2D eigenvalue weighted by Gasteiger charge is 2.38. The van der Waals surface area contributed by atoms with Crippen molar-refractivity contribution < 1.29 is 14.6 Å². The lowest BCUT2D eigenvalue weighted by atomic mass is 9.76. The lowest BCUT2D eigenvalue weighted by Gasteiger charge is -2.37. The highest BCUT2D eigenvalue weighted by Crippen LogP contribution is 2.50. The Morgan fingerprint density at radius 1 is 1.21 bits per heavy atom. The van der Waals surface area contributed by atoms with Gasteiger partial charge in [0.25, 0.3) is 0 Å². The van der Waals surface area contributed by atoms with Gasteiger partial charge in [-0.3, -0.25) is 0 Å². The molecule has 4 nitrogen and oxygen atoms in total. The first-order valence-electron chi connectivity index (χ1n) is 8.12. The molecule has 0 bridgehead atoms. The number of hydrogen-bond donors (Lipinski definition) is 2. The van der Waals surface area contributed by atoms with E-state index in [4.69, 9.17) is 4.74 Å². The van der Waals surface area contributed by atoms with Crippen LogP contribution in [0.5, 0.6) is 5.75 Å². The van der Waals surface area contributed by atoms with Crippen molar-refractivity contribution in [3.05, 3.63) is 71.3 Å². The molecule has 0 radical (unpaired) electrons. The fourth-order valence-corrected chi connectivity index (χ4v) is 3.87. The van der Waals surface area contributed by atoms with E-state index in [0.29, 0.717) is 11.5 Å². The van der Waals surface area contributed by atoms with Gasteiger partial charge in [0.15, 0.2) is 0 Å². The normalized spacial score (nSPS) is 24.0. The van der Waals surface area contributed by atoms with E-state index in [-0.39, 0.29) is 12.0 Å². The number of carboxylic acids is 1. The summed E-state index contributed by atoms with van der Waals surface area (Å²) in [5, 5.41) is 12.9. The minimum absolute atomic E-state index is 0.207. The number of carboxylic acid groups (broad SMARTS) is 1. The van der Waals surface area contributed by atoms with Gasteiger partial charge in [0, 0.05) is 11.6 Å². The molecule has 0 saturated heterocycles. The van der Waals surface area contributed by atoms with Gasteiger partial charge in [-0.15, -0.1) is 0 Å². The number of anilines is 1. The summed E-state index contributed by atoms with van der Waals surface area (Å²) in [4.78, 5) is 11.3. The Morgan fingerprint density at radius 2 is 2.00 bits per heavy atom. The van der Waals surface area contributed by atoms with E-state index in [0.717, 1.165) is 23.4 Å². The molecule has 2 aromatic carbocycles. The maximum atomic E-state index is 11.3. The van der Waals surface area contributed by atoms with Crippen LogP contribution in [0.2, 0.25) is 0 Å². The second-order valence-electron chi connectivity index (χ2n) is 6.36. The molecule has 0 aromatic heterocycles. The Kier molecular flexibility index (Phi) is 3.53. The molecule has 1 aliphatic carbocycles. The summed E-state index contributed by atoms with van der Waals surface area (Å²) in [6.07, 6.45) is 5.41. The average molecular weight is 321 g/mol. The van der Waals surface area contributed by atoms with Crippen molar-refractivity contribution in [2.45, 2.75) is 18.4 Å². The number of rotatable bonds is 3. The van der Waals surface area contributed by atoms with Crippen LogP contribution in [0.15, 0.2) is 54.6 Å². The first-order chi connectivity index (χ1) is 11.7. The fourth-order valence-electron chi connectivity index (χ4n) is 3.87. The summed E-state index contributed by atoms with van der Waals surface area (Å²) >= 11 is 0. The number of allylic oxidation sites excluding steroid dienone is 2. The van der Waals surface area contributed by atoms with Crippen LogP contribution in [-0.4, -0.2) is 18.2 Å². The van der Waals surface area contributed by atoms with Crippen LogP contribution in [0.1, 0.15) is 39.9 Å². The fraction of sp³-hybridized carbons (Fsp3) is 0.250. The van der Waals surface area contributed by atoms with Crippen molar-refractivity contribution >= 4 is 11.7 Å². The Labute approximate surface area is 140 Å². The second kappa shape index (κ2) is 5.71. The maximum absolute atomic E-state index is 11.3. The zero-order valence-electron chi connectivity index (χ0n) is 13.4. The summed E-state index contributed by atoms with van der Waals surface area (Å²) in [6, 6.07) is 13.7. The summed E-state index contributed by atoms with van der Waals surface area (Å²) in [6.45, 7) is 0. The van der Waals surface area contributed by atoms with Gasteiger partial charge in [0.1, 0.15) is 5.75 Å². The largest absolute Gasteiger partial charge is 0.497 e. The molecule has 4 rings (SSSR count). The molecule has 2 N–H and O–H groups in total. The molecule has 0 unspecified atom stereocenters. The van der Waals surface area contributed by atoms with E-state index in [1.54, 1.807) is 13.2 Å². The first-order valence-corrected chi connectivity index (χ1v) is 8.12. The number of hydrogen-bond acceptors (Lipinski definition) is 3. The highest BCUT2D eigenvalue weighted by molar-refractivity contribution is 5.89. The van der Waals surface area contributed by atoms with Gasteiger partial charge in [-0.25, -0.2) is 4.79 Å². The molecular formula is C20H19NO3. The zero-order valence-corrected chi connectivity index (χ0v) is 13.4. The molecule has 4 heteroatoms. The topological polar surface area (TPSA) is 58.6 Å². The van der Waals surface area contributed by atoms with Crippen LogP contribution in [0.4, 0.5) is 5.69 Å². The Bertz CT molecular complexity index is 810.